The van der Waals surface area contributed by atoms with Crippen molar-refractivity contribution in [2.75, 3.05) is 26.8 Å². The quantitative estimate of drug-likeness (QED) is 0.866. The van der Waals surface area contributed by atoms with Crippen LogP contribution in [0.1, 0.15) is 24.2 Å². The van der Waals surface area contributed by atoms with Gasteiger partial charge in [-0.3, -0.25) is 4.79 Å². The zero-order valence-corrected chi connectivity index (χ0v) is 12.1. The Hall–Kier alpha value is -1.26. The van der Waals surface area contributed by atoms with Gasteiger partial charge in [0.1, 0.15) is 0 Å². The van der Waals surface area contributed by atoms with Crippen molar-refractivity contribution in [3.8, 4) is 11.5 Å². The Morgan fingerprint density at radius 3 is 2.74 bits per heavy atom. The summed E-state index contributed by atoms with van der Waals surface area (Å²) < 4.78 is 11.4. The number of Topliss-reactive ketones (excluding diaryl/α,β-unsaturated/α-hetero) is 1. The smallest absolute Gasteiger partial charge is 0.179 e. The monoisotopic (exact) mass is 283 g/mol. The van der Waals surface area contributed by atoms with Crippen LogP contribution in [0.15, 0.2) is 12.1 Å². The maximum absolute atomic E-state index is 11.9. The molecule has 4 nitrogen and oxygen atoms in total. The van der Waals surface area contributed by atoms with Crippen LogP contribution in [-0.4, -0.2) is 32.6 Å². The van der Waals surface area contributed by atoms with E-state index in [0.29, 0.717) is 35.3 Å². The normalized spacial score (nSPS) is 16.8. The third kappa shape index (κ3) is 3.19. The van der Waals surface area contributed by atoms with Crippen LogP contribution in [0, 0.1) is 5.41 Å². The second-order valence-electron chi connectivity index (χ2n) is 5.48. The first kappa shape index (κ1) is 14.2. The summed E-state index contributed by atoms with van der Waals surface area (Å²) in [4.78, 5) is 11.9. The van der Waals surface area contributed by atoms with E-state index >= 15 is 0 Å². The molecule has 19 heavy (non-hydrogen) atoms. The maximum atomic E-state index is 11.9. The fraction of sp³-hybridized carbons (Fsp3) is 0.500. The highest BCUT2D eigenvalue weighted by atomic mass is 35.5. The van der Waals surface area contributed by atoms with Gasteiger partial charge in [0.2, 0.25) is 0 Å². The van der Waals surface area contributed by atoms with Gasteiger partial charge in [0.25, 0.3) is 0 Å². The van der Waals surface area contributed by atoms with E-state index in [9.17, 15) is 4.79 Å². The standard InChI is InChI=1S/C14H18ClNO3/c1-14(2)7-18-12-5-9(11(17)6-16-3)4-10(15)13(12)19-8-14/h4-5,16H,6-8H2,1-3H3. The minimum atomic E-state index is -0.0858. The molecule has 2 rings (SSSR count). The van der Waals surface area contributed by atoms with Crippen molar-refractivity contribution >= 4 is 17.4 Å². The van der Waals surface area contributed by atoms with Gasteiger partial charge in [0.05, 0.1) is 24.8 Å². The van der Waals surface area contributed by atoms with E-state index in [1.165, 1.54) is 0 Å². The summed E-state index contributed by atoms with van der Waals surface area (Å²) in [5.74, 6) is 1.03. The molecule has 0 aliphatic carbocycles. The molecule has 0 fully saturated rings. The third-order valence-electron chi connectivity index (χ3n) is 2.89. The van der Waals surface area contributed by atoms with Gasteiger partial charge in [-0.1, -0.05) is 25.4 Å². The molecule has 0 spiro atoms. The van der Waals surface area contributed by atoms with Crippen molar-refractivity contribution in [2.45, 2.75) is 13.8 Å². The Kier molecular flexibility index (Phi) is 4.02. The molecule has 0 bridgehead atoms. The van der Waals surface area contributed by atoms with Crippen molar-refractivity contribution in [1.82, 2.24) is 5.32 Å². The van der Waals surface area contributed by atoms with E-state index < -0.39 is 0 Å². The zero-order chi connectivity index (χ0) is 14.0. The van der Waals surface area contributed by atoms with Gasteiger partial charge in [-0.2, -0.15) is 0 Å². The van der Waals surface area contributed by atoms with Crippen molar-refractivity contribution in [2.24, 2.45) is 5.41 Å². The fourth-order valence-electron chi connectivity index (χ4n) is 1.82. The highest BCUT2D eigenvalue weighted by molar-refractivity contribution is 6.32. The van der Waals surface area contributed by atoms with E-state index in [2.05, 4.69) is 19.2 Å². The Bertz CT molecular complexity index is 500. The number of likely N-dealkylation sites (N-methyl/N-ethyl adjacent to an activating group) is 1. The summed E-state index contributed by atoms with van der Waals surface area (Å²) >= 11 is 6.18. The number of halogens is 1. The molecule has 0 saturated carbocycles. The van der Waals surface area contributed by atoms with Crippen LogP contribution >= 0.6 is 11.6 Å². The SMILES string of the molecule is CNCC(=O)c1cc(Cl)c2c(c1)OCC(C)(C)CO2. The number of hydrogen-bond donors (Lipinski definition) is 1. The summed E-state index contributed by atoms with van der Waals surface area (Å²) in [7, 11) is 1.73. The van der Waals surface area contributed by atoms with Crippen LogP contribution in [0.2, 0.25) is 5.02 Å². The summed E-state index contributed by atoms with van der Waals surface area (Å²) in [6, 6.07) is 3.32. The lowest BCUT2D eigenvalue weighted by Crippen LogP contribution is -2.26. The second kappa shape index (κ2) is 5.39. The minimum Gasteiger partial charge on any atom is -0.489 e. The van der Waals surface area contributed by atoms with Gasteiger partial charge in [-0.05, 0) is 19.2 Å². The molecule has 0 saturated heterocycles. The number of benzene rings is 1. The molecule has 0 radical (unpaired) electrons. The molecule has 1 aliphatic heterocycles. The molecule has 0 amide bonds. The van der Waals surface area contributed by atoms with E-state index in [4.69, 9.17) is 21.1 Å². The molecule has 0 aromatic heterocycles. The number of fused-ring (bicyclic) bond motifs is 1. The number of nitrogens with one attached hydrogen (secondary N) is 1. The topological polar surface area (TPSA) is 47.6 Å². The average molecular weight is 284 g/mol. The number of ketones is 1. The number of rotatable bonds is 3. The van der Waals surface area contributed by atoms with Crippen molar-refractivity contribution in [3.05, 3.63) is 22.7 Å². The lowest BCUT2D eigenvalue weighted by molar-refractivity contribution is 0.0993. The Morgan fingerprint density at radius 2 is 2.05 bits per heavy atom. The summed E-state index contributed by atoms with van der Waals surface area (Å²) in [5.41, 5.74) is 0.443. The molecule has 1 aliphatic rings. The lowest BCUT2D eigenvalue weighted by atomic mass is 9.97. The molecule has 5 heteroatoms. The van der Waals surface area contributed by atoms with Crippen LogP contribution in [0.5, 0.6) is 11.5 Å². The van der Waals surface area contributed by atoms with Crippen molar-refractivity contribution in [3.63, 3.8) is 0 Å². The first-order valence-corrected chi connectivity index (χ1v) is 6.58. The van der Waals surface area contributed by atoms with E-state index in [1.54, 1.807) is 19.2 Å². The molecule has 1 N–H and O–H groups in total. The van der Waals surface area contributed by atoms with Gasteiger partial charge in [0.15, 0.2) is 17.3 Å². The Morgan fingerprint density at radius 1 is 1.37 bits per heavy atom. The predicted octanol–water partition coefficient (Wildman–Crippen LogP) is 2.54. The van der Waals surface area contributed by atoms with Gasteiger partial charge < -0.3 is 14.8 Å². The number of ether oxygens (including phenoxy) is 2. The van der Waals surface area contributed by atoms with Gasteiger partial charge in [0, 0.05) is 11.0 Å². The molecule has 104 valence electrons. The van der Waals surface area contributed by atoms with Crippen LogP contribution in [0.3, 0.4) is 0 Å². The highest BCUT2D eigenvalue weighted by Crippen LogP contribution is 2.40. The van der Waals surface area contributed by atoms with E-state index in [0.717, 1.165) is 0 Å². The van der Waals surface area contributed by atoms with Crippen LogP contribution in [0.4, 0.5) is 0 Å². The summed E-state index contributed by atoms with van der Waals surface area (Å²) in [5, 5.41) is 3.24. The Balaban J connectivity index is 2.34. The summed E-state index contributed by atoms with van der Waals surface area (Å²) in [6.07, 6.45) is 0. The van der Waals surface area contributed by atoms with Crippen LogP contribution < -0.4 is 14.8 Å². The van der Waals surface area contributed by atoms with Gasteiger partial charge in [-0.15, -0.1) is 0 Å². The molecule has 0 unspecified atom stereocenters. The molecule has 1 heterocycles. The van der Waals surface area contributed by atoms with Crippen molar-refractivity contribution in [1.29, 1.82) is 0 Å². The van der Waals surface area contributed by atoms with Crippen LogP contribution in [0.25, 0.3) is 0 Å². The molecule has 1 aromatic rings. The van der Waals surface area contributed by atoms with Gasteiger partial charge in [-0.25, -0.2) is 0 Å². The minimum absolute atomic E-state index is 0.0284. The number of hydrogen-bond acceptors (Lipinski definition) is 4. The Labute approximate surface area is 118 Å². The molecule has 1 aromatic carbocycles. The van der Waals surface area contributed by atoms with Crippen molar-refractivity contribution < 1.29 is 14.3 Å². The van der Waals surface area contributed by atoms with Crippen LogP contribution in [-0.2, 0) is 0 Å². The second-order valence-corrected chi connectivity index (χ2v) is 5.89. The first-order chi connectivity index (χ1) is 8.93. The lowest BCUT2D eigenvalue weighted by Gasteiger charge is -2.19. The third-order valence-corrected chi connectivity index (χ3v) is 3.18. The zero-order valence-electron chi connectivity index (χ0n) is 11.4. The van der Waals surface area contributed by atoms with E-state index in [1.807, 2.05) is 0 Å². The number of carbonyl (C=O) groups is 1. The summed E-state index contributed by atoms with van der Waals surface area (Å²) in [6.45, 7) is 5.44. The molecular formula is C14H18ClNO3. The largest absolute Gasteiger partial charge is 0.489 e. The van der Waals surface area contributed by atoms with Gasteiger partial charge >= 0.3 is 0 Å². The average Bonchev–Trinajstić information content (AvgIpc) is 2.49. The molecule has 0 atom stereocenters. The maximum Gasteiger partial charge on any atom is 0.179 e. The highest BCUT2D eigenvalue weighted by Gasteiger charge is 2.27. The fourth-order valence-corrected chi connectivity index (χ4v) is 2.09. The molecular weight excluding hydrogens is 266 g/mol. The van der Waals surface area contributed by atoms with E-state index in [-0.39, 0.29) is 17.7 Å². The predicted molar refractivity (Wildman–Crippen MR) is 74.5 cm³/mol. The number of carbonyl (C=O) groups excluding carboxylic acids is 1. The first-order valence-electron chi connectivity index (χ1n) is 6.20.